The maximum Gasteiger partial charge on any atom is 0.238 e. The second kappa shape index (κ2) is 3.86. The van der Waals surface area contributed by atoms with Gasteiger partial charge in [-0.3, -0.25) is 0 Å². The highest BCUT2D eigenvalue weighted by atomic mass is 32.2. The van der Waals surface area contributed by atoms with Gasteiger partial charge in [-0.05, 0) is 24.6 Å². The van der Waals surface area contributed by atoms with Crippen LogP contribution < -0.4 is 10.9 Å². The summed E-state index contributed by atoms with van der Waals surface area (Å²) in [6.07, 6.45) is 4.86. The Morgan fingerprint density at radius 3 is 2.59 bits per heavy atom. The molecule has 7 heteroatoms. The van der Waals surface area contributed by atoms with Crippen molar-refractivity contribution in [2.75, 3.05) is 5.73 Å². The lowest BCUT2D eigenvalue weighted by Gasteiger charge is -2.11. The predicted octanol–water partition coefficient (Wildman–Crippen LogP) is 0.410. The van der Waals surface area contributed by atoms with Crippen molar-refractivity contribution >= 4 is 15.7 Å². The molecule has 90 valence electrons. The molecule has 0 fully saturated rings. The van der Waals surface area contributed by atoms with Gasteiger partial charge in [-0.25, -0.2) is 18.5 Å². The Hall–Kier alpha value is -1.86. The minimum Gasteiger partial charge on any atom is -0.399 e. The van der Waals surface area contributed by atoms with E-state index < -0.39 is 10.0 Å². The second-order valence-corrected chi connectivity index (χ2v) is 5.21. The summed E-state index contributed by atoms with van der Waals surface area (Å²) in [5.74, 6) is 0. The SMILES string of the molecule is Cc1c(-n2ccnc2)cc(N)cc1S(N)(=O)=O. The Labute approximate surface area is 98.9 Å². The molecule has 2 aromatic rings. The third-order valence-corrected chi connectivity index (χ3v) is 3.48. The summed E-state index contributed by atoms with van der Waals surface area (Å²) in [7, 11) is -3.78. The zero-order valence-electron chi connectivity index (χ0n) is 9.16. The maximum absolute atomic E-state index is 11.4. The van der Waals surface area contributed by atoms with Gasteiger partial charge in [-0.1, -0.05) is 0 Å². The molecular weight excluding hydrogens is 240 g/mol. The molecule has 0 aliphatic heterocycles. The highest BCUT2D eigenvalue weighted by molar-refractivity contribution is 7.89. The zero-order valence-corrected chi connectivity index (χ0v) is 9.98. The Morgan fingerprint density at radius 2 is 2.06 bits per heavy atom. The molecule has 1 heterocycles. The van der Waals surface area contributed by atoms with E-state index in [2.05, 4.69) is 4.98 Å². The number of aromatic nitrogens is 2. The van der Waals surface area contributed by atoms with Gasteiger partial charge in [0, 0.05) is 18.1 Å². The van der Waals surface area contributed by atoms with E-state index in [0.717, 1.165) is 0 Å². The number of anilines is 1. The molecular formula is C10H12N4O2S. The lowest BCUT2D eigenvalue weighted by Crippen LogP contribution is -2.15. The van der Waals surface area contributed by atoms with E-state index in [4.69, 9.17) is 10.9 Å². The molecule has 6 nitrogen and oxygen atoms in total. The number of imidazole rings is 1. The van der Waals surface area contributed by atoms with Crippen LogP contribution in [0.3, 0.4) is 0 Å². The van der Waals surface area contributed by atoms with Crippen molar-refractivity contribution in [3.05, 3.63) is 36.4 Å². The summed E-state index contributed by atoms with van der Waals surface area (Å²) in [6.45, 7) is 1.68. The number of primary sulfonamides is 1. The number of sulfonamides is 1. The first-order valence-corrected chi connectivity index (χ1v) is 6.35. The van der Waals surface area contributed by atoms with Crippen molar-refractivity contribution in [1.82, 2.24) is 9.55 Å². The molecule has 0 atom stereocenters. The van der Waals surface area contributed by atoms with Crippen LogP contribution in [0.2, 0.25) is 0 Å². The summed E-state index contributed by atoms with van der Waals surface area (Å²) in [4.78, 5) is 3.93. The van der Waals surface area contributed by atoms with Crippen LogP contribution in [-0.4, -0.2) is 18.0 Å². The molecule has 0 aliphatic rings. The fourth-order valence-electron chi connectivity index (χ4n) is 1.66. The first-order chi connectivity index (χ1) is 7.89. The molecule has 0 bridgehead atoms. The number of nitrogen functional groups attached to an aromatic ring is 1. The van der Waals surface area contributed by atoms with Gasteiger partial charge >= 0.3 is 0 Å². The fourth-order valence-corrected chi connectivity index (χ4v) is 2.49. The zero-order chi connectivity index (χ0) is 12.6. The largest absolute Gasteiger partial charge is 0.399 e. The first-order valence-electron chi connectivity index (χ1n) is 4.81. The molecule has 2 rings (SSSR count). The molecule has 17 heavy (non-hydrogen) atoms. The fraction of sp³-hybridized carbons (Fsp3) is 0.100. The number of nitrogens with two attached hydrogens (primary N) is 2. The monoisotopic (exact) mass is 252 g/mol. The molecule has 0 spiro atoms. The van der Waals surface area contributed by atoms with E-state index in [-0.39, 0.29) is 4.90 Å². The molecule has 0 radical (unpaired) electrons. The smallest absolute Gasteiger partial charge is 0.238 e. The van der Waals surface area contributed by atoms with E-state index in [1.54, 1.807) is 36.3 Å². The van der Waals surface area contributed by atoms with Crippen molar-refractivity contribution in [1.29, 1.82) is 0 Å². The topological polar surface area (TPSA) is 104 Å². The van der Waals surface area contributed by atoms with E-state index in [9.17, 15) is 8.42 Å². The molecule has 0 amide bonds. The standard InChI is InChI=1S/C10H12N4O2S/c1-7-9(14-3-2-13-6-14)4-8(11)5-10(7)17(12,15)16/h2-6H,11H2,1H3,(H2,12,15,16). The Morgan fingerprint density at radius 1 is 1.35 bits per heavy atom. The van der Waals surface area contributed by atoms with Gasteiger partial charge in [-0.2, -0.15) is 0 Å². The third-order valence-electron chi connectivity index (χ3n) is 2.44. The van der Waals surface area contributed by atoms with Crippen LogP contribution in [0.25, 0.3) is 5.69 Å². The number of hydrogen-bond acceptors (Lipinski definition) is 4. The number of hydrogen-bond donors (Lipinski definition) is 2. The number of benzene rings is 1. The third kappa shape index (κ3) is 2.15. The van der Waals surface area contributed by atoms with Crippen LogP contribution in [0.4, 0.5) is 5.69 Å². The van der Waals surface area contributed by atoms with E-state index >= 15 is 0 Å². The van der Waals surface area contributed by atoms with Crippen molar-refractivity contribution in [3.8, 4) is 5.69 Å². The quantitative estimate of drug-likeness (QED) is 0.755. The lowest BCUT2D eigenvalue weighted by atomic mass is 10.2. The van der Waals surface area contributed by atoms with Crippen LogP contribution in [0, 0.1) is 6.92 Å². The summed E-state index contributed by atoms with van der Waals surface area (Å²) >= 11 is 0. The Kier molecular flexibility index (Phi) is 2.64. The van der Waals surface area contributed by atoms with Crippen LogP contribution in [-0.2, 0) is 10.0 Å². The second-order valence-electron chi connectivity index (χ2n) is 3.68. The van der Waals surface area contributed by atoms with Crippen LogP contribution in [0.1, 0.15) is 5.56 Å². The van der Waals surface area contributed by atoms with Crippen molar-refractivity contribution in [2.45, 2.75) is 11.8 Å². The summed E-state index contributed by atoms with van der Waals surface area (Å²) in [5, 5.41) is 5.14. The van der Waals surface area contributed by atoms with Gasteiger partial charge in [-0.15, -0.1) is 0 Å². The number of nitrogens with zero attached hydrogens (tertiary/aromatic N) is 2. The van der Waals surface area contributed by atoms with Gasteiger partial charge in [0.05, 0.1) is 16.9 Å². The molecule has 0 unspecified atom stereocenters. The first kappa shape index (κ1) is 11.6. The average Bonchev–Trinajstić information content (AvgIpc) is 2.72. The molecule has 4 N–H and O–H groups in total. The van der Waals surface area contributed by atoms with E-state index in [1.165, 1.54) is 6.07 Å². The normalized spacial score (nSPS) is 11.6. The van der Waals surface area contributed by atoms with Crippen molar-refractivity contribution < 1.29 is 8.42 Å². The van der Waals surface area contributed by atoms with Crippen molar-refractivity contribution in [2.24, 2.45) is 5.14 Å². The minimum atomic E-state index is -3.78. The van der Waals surface area contributed by atoms with Gasteiger partial charge in [0.25, 0.3) is 0 Å². The molecule has 1 aromatic heterocycles. The van der Waals surface area contributed by atoms with Gasteiger partial charge < -0.3 is 10.3 Å². The summed E-state index contributed by atoms with van der Waals surface area (Å²) < 4.78 is 24.5. The molecule has 1 aromatic carbocycles. The Balaban J connectivity index is 2.75. The Bertz CT molecular complexity index is 647. The minimum absolute atomic E-state index is 0.0289. The molecule has 0 aliphatic carbocycles. The van der Waals surface area contributed by atoms with Gasteiger partial charge in [0.1, 0.15) is 0 Å². The van der Waals surface area contributed by atoms with Gasteiger partial charge in [0.2, 0.25) is 10.0 Å². The number of rotatable bonds is 2. The highest BCUT2D eigenvalue weighted by Gasteiger charge is 2.16. The lowest BCUT2D eigenvalue weighted by molar-refractivity contribution is 0.597. The summed E-state index contributed by atoms with van der Waals surface area (Å²) in [5.41, 5.74) is 7.20. The predicted molar refractivity (Wildman–Crippen MR) is 64.1 cm³/mol. The maximum atomic E-state index is 11.4. The van der Waals surface area contributed by atoms with Crippen molar-refractivity contribution in [3.63, 3.8) is 0 Å². The highest BCUT2D eigenvalue weighted by Crippen LogP contribution is 2.24. The van der Waals surface area contributed by atoms with Crippen LogP contribution >= 0.6 is 0 Å². The van der Waals surface area contributed by atoms with E-state index in [1.807, 2.05) is 0 Å². The molecule has 0 saturated heterocycles. The average molecular weight is 252 g/mol. The van der Waals surface area contributed by atoms with Crippen LogP contribution in [0.15, 0.2) is 35.7 Å². The van der Waals surface area contributed by atoms with E-state index in [0.29, 0.717) is 16.9 Å². The summed E-state index contributed by atoms with van der Waals surface area (Å²) in [6, 6.07) is 3.02. The van der Waals surface area contributed by atoms with Crippen LogP contribution in [0.5, 0.6) is 0 Å². The van der Waals surface area contributed by atoms with Gasteiger partial charge in [0.15, 0.2) is 0 Å². The molecule has 0 saturated carbocycles.